The van der Waals surface area contributed by atoms with E-state index in [1.807, 2.05) is 0 Å². The number of allylic oxidation sites excluding steroid dienone is 3. The minimum Gasteiger partial charge on any atom is -0.120 e. The van der Waals surface area contributed by atoms with Crippen LogP contribution >= 0.6 is 0 Å². The van der Waals surface area contributed by atoms with Gasteiger partial charge < -0.3 is 0 Å². The SMILES string of the molecule is C#C[C@H]1CC[C@H]2[C@@H]3CCC4=CC(=C)CC[C@@H]4[C@H]3CC[C@@H]21. The van der Waals surface area contributed by atoms with Gasteiger partial charge in [-0.3, -0.25) is 0 Å². The van der Waals surface area contributed by atoms with E-state index in [0.717, 1.165) is 29.6 Å². The molecular formula is C20H26. The second-order valence-corrected chi connectivity index (χ2v) is 7.64. The van der Waals surface area contributed by atoms with Crippen molar-refractivity contribution in [2.75, 3.05) is 0 Å². The molecule has 3 saturated carbocycles. The fraction of sp³-hybridized carbons (Fsp3) is 0.700. The molecule has 0 aromatic heterocycles. The summed E-state index contributed by atoms with van der Waals surface area (Å²) >= 11 is 0. The Bertz CT molecular complexity index is 489. The average Bonchev–Trinajstić information content (AvgIpc) is 2.89. The molecule has 4 aliphatic rings. The van der Waals surface area contributed by atoms with E-state index in [-0.39, 0.29) is 0 Å². The van der Waals surface area contributed by atoms with Gasteiger partial charge in [-0.15, -0.1) is 12.3 Å². The highest BCUT2D eigenvalue weighted by atomic mass is 14.5. The zero-order valence-corrected chi connectivity index (χ0v) is 12.5. The number of terminal acetylenes is 1. The smallest absolute Gasteiger partial charge is 0.0231 e. The van der Waals surface area contributed by atoms with Crippen LogP contribution in [0.4, 0.5) is 0 Å². The van der Waals surface area contributed by atoms with Crippen molar-refractivity contribution in [3.05, 3.63) is 23.8 Å². The fourth-order valence-corrected chi connectivity index (χ4v) is 6.14. The van der Waals surface area contributed by atoms with E-state index in [0.29, 0.717) is 5.92 Å². The first kappa shape index (κ1) is 12.8. The van der Waals surface area contributed by atoms with Crippen LogP contribution in [0.25, 0.3) is 0 Å². The Balaban J connectivity index is 1.59. The lowest BCUT2D eigenvalue weighted by Crippen LogP contribution is -2.41. The van der Waals surface area contributed by atoms with Crippen LogP contribution in [-0.2, 0) is 0 Å². The summed E-state index contributed by atoms with van der Waals surface area (Å²) in [5.41, 5.74) is 3.11. The molecule has 0 amide bonds. The van der Waals surface area contributed by atoms with Gasteiger partial charge in [-0.1, -0.05) is 23.8 Å². The third-order valence-electron chi connectivity index (χ3n) is 6.95. The molecule has 0 radical (unpaired) electrons. The highest BCUT2D eigenvalue weighted by molar-refractivity contribution is 5.29. The van der Waals surface area contributed by atoms with E-state index in [1.165, 1.54) is 56.9 Å². The van der Waals surface area contributed by atoms with Crippen molar-refractivity contribution in [2.24, 2.45) is 35.5 Å². The third-order valence-corrected chi connectivity index (χ3v) is 6.95. The highest BCUT2D eigenvalue weighted by Gasteiger charge is 2.49. The minimum atomic E-state index is 0.601. The van der Waals surface area contributed by atoms with Gasteiger partial charge in [0, 0.05) is 5.92 Å². The summed E-state index contributed by atoms with van der Waals surface area (Å²) in [7, 11) is 0. The molecule has 0 N–H and O–H groups in total. The molecule has 0 nitrogen and oxygen atoms in total. The van der Waals surface area contributed by atoms with E-state index in [4.69, 9.17) is 6.42 Å². The van der Waals surface area contributed by atoms with Crippen LogP contribution in [0.3, 0.4) is 0 Å². The van der Waals surface area contributed by atoms with Gasteiger partial charge in [-0.25, -0.2) is 0 Å². The zero-order chi connectivity index (χ0) is 13.7. The highest BCUT2D eigenvalue weighted by Crippen LogP contribution is 2.58. The monoisotopic (exact) mass is 266 g/mol. The van der Waals surface area contributed by atoms with Crippen molar-refractivity contribution in [1.29, 1.82) is 0 Å². The van der Waals surface area contributed by atoms with E-state index < -0.39 is 0 Å². The quantitative estimate of drug-likeness (QED) is 0.543. The van der Waals surface area contributed by atoms with Crippen molar-refractivity contribution in [3.63, 3.8) is 0 Å². The van der Waals surface area contributed by atoms with Gasteiger partial charge in [0.2, 0.25) is 0 Å². The van der Waals surface area contributed by atoms with Crippen molar-refractivity contribution in [1.82, 2.24) is 0 Å². The van der Waals surface area contributed by atoms with Crippen LogP contribution in [0.1, 0.15) is 51.4 Å². The molecule has 0 saturated heterocycles. The Labute approximate surface area is 123 Å². The Hall–Kier alpha value is -0.960. The summed E-state index contributed by atoms with van der Waals surface area (Å²) in [5.74, 6) is 8.38. The van der Waals surface area contributed by atoms with Gasteiger partial charge in [-0.05, 0) is 81.0 Å². The van der Waals surface area contributed by atoms with Crippen molar-refractivity contribution >= 4 is 0 Å². The van der Waals surface area contributed by atoms with E-state index in [9.17, 15) is 0 Å². The van der Waals surface area contributed by atoms with Gasteiger partial charge in [-0.2, -0.15) is 0 Å². The van der Waals surface area contributed by atoms with E-state index in [1.54, 1.807) is 5.57 Å². The molecule has 0 heteroatoms. The van der Waals surface area contributed by atoms with Crippen molar-refractivity contribution < 1.29 is 0 Å². The topological polar surface area (TPSA) is 0 Å². The van der Waals surface area contributed by atoms with E-state index in [2.05, 4.69) is 18.6 Å². The molecule has 0 bridgehead atoms. The van der Waals surface area contributed by atoms with Crippen molar-refractivity contribution in [2.45, 2.75) is 51.4 Å². The summed E-state index contributed by atoms with van der Waals surface area (Å²) in [4.78, 5) is 0. The van der Waals surface area contributed by atoms with Gasteiger partial charge in [0.05, 0.1) is 0 Å². The second-order valence-electron chi connectivity index (χ2n) is 7.64. The second kappa shape index (κ2) is 4.80. The first-order valence-corrected chi connectivity index (χ1v) is 8.62. The van der Waals surface area contributed by atoms with Gasteiger partial charge in [0.25, 0.3) is 0 Å². The molecule has 3 fully saturated rings. The summed E-state index contributed by atoms with van der Waals surface area (Å²) in [6, 6.07) is 0. The molecule has 4 aliphatic carbocycles. The number of hydrogen-bond acceptors (Lipinski definition) is 0. The summed E-state index contributed by atoms with van der Waals surface area (Å²) in [5, 5.41) is 0. The predicted molar refractivity (Wildman–Crippen MR) is 83.9 cm³/mol. The number of hydrogen-bond donors (Lipinski definition) is 0. The average molecular weight is 266 g/mol. The van der Waals surface area contributed by atoms with E-state index >= 15 is 0 Å². The Kier molecular flexibility index (Phi) is 3.06. The lowest BCUT2D eigenvalue weighted by atomic mass is 9.55. The van der Waals surface area contributed by atoms with Crippen LogP contribution in [0.5, 0.6) is 0 Å². The molecule has 0 spiro atoms. The first-order chi connectivity index (χ1) is 9.78. The largest absolute Gasteiger partial charge is 0.120 e. The predicted octanol–water partition coefficient (Wildman–Crippen LogP) is 4.97. The minimum absolute atomic E-state index is 0.601. The first-order valence-electron chi connectivity index (χ1n) is 8.62. The fourth-order valence-electron chi connectivity index (χ4n) is 6.14. The van der Waals surface area contributed by atoms with Crippen molar-refractivity contribution in [3.8, 4) is 12.3 Å². The Morgan fingerprint density at radius 3 is 2.50 bits per heavy atom. The molecule has 0 heterocycles. The lowest BCUT2D eigenvalue weighted by Gasteiger charge is -2.49. The Morgan fingerprint density at radius 2 is 1.65 bits per heavy atom. The molecule has 4 rings (SSSR count). The van der Waals surface area contributed by atoms with Crippen LogP contribution in [0.2, 0.25) is 0 Å². The molecule has 0 aliphatic heterocycles. The standard InChI is InChI=1S/C20H26/c1-3-14-5-8-18-16(14)10-11-19-17-7-4-13(2)12-15(17)6-9-20(18)19/h1,12,14,16-20H,2,4-11H2/t14-,16+,17-,18+,19+,20-/m0/s1. The lowest BCUT2D eigenvalue weighted by molar-refractivity contribution is 0.0446. The molecule has 6 atom stereocenters. The molecule has 20 heavy (non-hydrogen) atoms. The molecule has 0 aromatic carbocycles. The zero-order valence-electron chi connectivity index (χ0n) is 12.5. The molecular weight excluding hydrogens is 240 g/mol. The van der Waals surface area contributed by atoms with Gasteiger partial charge >= 0.3 is 0 Å². The summed E-state index contributed by atoms with van der Waals surface area (Å²) in [6.07, 6.45) is 19.2. The van der Waals surface area contributed by atoms with Crippen LogP contribution < -0.4 is 0 Å². The third kappa shape index (κ3) is 1.82. The Morgan fingerprint density at radius 1 is 0.900 bits per heavy atom. The van der Waals surface area contributed by atoms with Gasteiger partial charge in [0.15, 0.2) is 0 Å². The number of fused-ring (bicyclic) bond motifs is 5. The number of rotatable bonds is 0. The molecule has 0 unspecified atom stereocenters. The van der Waals surface area contributed by atoms with Gasteiger partial charge in [0.1, 0.15) is 0 Å². The maximum atomic E-state index is 5.76. The van der Waals surface area contributed by atoms with Crippen LogP contribution in [-0.4, -0.2) is 0 Å². The molecule has 106 valence electrons. The maximum Gasteiger partial charge on any atom is 0.0231 e. The van der Waals surface area contributed by atoms with Crippen LogP contribution in [0.15, 0.2) is 23.8 Å². The molecule has 0 aromatic rings. The summed E-state index contributed by atoms with van der Waals surface area (Å²) in [6.45, 7) is 4.18. The summed E-state index contributed by atoms with van der Waals surface area (Å²) < 4.78 is 0. The normalized spacial score (nSPS) is 46.8. The maximum absolute atomic E-state index is 5.76. The van der Waals surface area contributed by atoms with Crippen LogP contribution in [0, 0.1) is 47.9 Å².